The van der Waals surface area contributed by atoms with Gasteiger partial charge >= 0.3 is 0 Å². The average Bonchev–Trinajstić information content (AvgIpc) is 3.54. The van der Waals surface area contributed by atoms with Crippen molar-refractivity contribution in [2.75, 3.05) is 5.73 Å². The highest BCUT2D eigenvalue weighted by Gasteiger charge is 2.26. The van der Waals surface area contributed by atoms with Crippen molar-refractivity contribution < 1.29 is 4.74 Å². The van der Waals surface area contributed by atoms with E-state index in [0.29, 0.717) is 17.5 Å². The lowest BCUT2D eigenvalue weighted by atomic mass is 9.92. The highest BCUT2D eigenvalue weighted by atomic mass is 16.5. The van der Waals surface area contributed by atoms with Crippen LogP contribution in [0.2, 0.25) is 0 Å². The van der Waals surface area contributed by atoms with E-state index in [1.165, 1.54) is 24.0 Å². The molecule has 2 aliphatic rings. The van der Waals surface area contributed by atoms with Crippen molar-refractivity contribution in [2.24, 2.45) is 5.92 Å². The van der Waals surface area contributed by atoms with Crippen LogP contribution < -0.4 is 10.5 Å². The summed E-state index contributed by atoms with van der Waals surface area (Å²) in [4.78, 5) is 9.31. The fourth-order valence-electron chi connectivity index (χ4n) is 4.77. The third-order valence-corrected chi connectivity index (χ3v) is 6.67. The topological polar surface area (TPSA) is 78.9 Å². The monoisotopic (exact) mass is 437 g/mol. The zero-order chi connectivity index (χ0) is 22.5. The first-order valence-electron chi connectivity index (χ1n) is 11.6. The van der Waals surface area contributed by atoms with Gasteiger partial charge in [0, 0.05) is 47.6 Å². The number of nitrogens with zero attached hydrogens (tertiary/aromatic N) is 4. The molecule has 0 amide bonds. The molecule has 1 fully saturated rings. The molecule has 166 valence electrons. The van der Waals surface area contributed by atoms with Gasteiger partial charge in [0.1, 0.15) is 6.10 Å². The second-order valence-corrected chi connectivity index (χ2v) is 9.29. The summed E-state index contributed by atoms with van der Waals surface area (Å²) < 4.78 is 8.57. The van der Waals surface area contributed by atoms with Gasteiger partial charge in [0.25, 0.3) is 0 Å². The molecule has 0 radical (unpaired) electrons. The number of nitrogen functional groups attached to an aromatic ring is 1. The third kappa shape index (κ3) is 3.65. The van der Waals surface area contributed by atoms with Crippen LogP contribution in [0, 0.1) is 12.8 Å². The molecular weight excluding hydrogens is 410 g/mol. The van der Waals surface area contributed by atoms with Crippen molar-refractivity contribution >= 4 is 5.82 Å². The summed E-state index contributed by atoms with van der Waals surface area (Å²) in [7, 11) is 0. The van der Waals surface area contributed by atoms with Crippen LogP contribution >= 0.6 is 0 Å². The standard InChI is InChI=1S/C27H27N5O/c1-16-5-8-22-23(10-16)17(2)33-24-12-21(13-30-27(24)28)26-20(11-19-4-3-9-29-25(19)22)14-31-32(26)15-18-6-7-18/h3-5,8-10,12-14,17-18H,6-7,11,15H2,1-2H3,(H2,28,30)/t17-/m1/s1. The van der Waals surface area contributed by atoms with Crippen molar-refractivity contribution in [3.05, 3.63) is 77.2 Å². The van der Waals surface area contributed by atoms with Crippen molar-refractivity contribution in [3.63, 3.8) is 0 Å². The Kier molecular flexibility index (Phi) is 4.68. The normalized spacial score (nSPS) is 17.1. The van der Waals surface area contributed by atoms with Gasteiger partial charge in [-0.3, -0.25) is 9.67 Å². The van der Waals surface area contributed by atoms with E-state index >= 15 is 0 Å². The summed E-state index contributed by atoms with van der Waals surface area (Å²) >= 11 is 0. The Labute approximate surface area is 193 Å². The number of hydrogen-bond donors (Lipinski definition) is 1. The Morgan fingerprint density at radius 3 is 2.82 bits per heavy atom. The number of pyridine rings is 2. The second kappa shape index (κ2) is 7.73. The number of fused-ring (bicyclic) bond motifs is 7. The fraction of sp³-hybridized carbons (Fsp3) is 0.296. The number of aryl methyl sites for hydroxylation is 1. The van der Waals surface area contributed by atoms with Crippen LogP contribution in [-0.4, -0.2) is 19.7 Å². The van der Waals surface area contributed by atoms with E-state index in [4.69, 9.17) is 20.6 Å². The molecule has 1 atom stereocenters. The third-order valence-electron chi connectivity index (χ3n) is 6.67. The number of ether oxygens (including phenoxy) is 1. The van der Waals surface area contributed by atoms with E-state index in [1.54, 1.807) is 0 Å². The van der Waals surface area contributed by atoms with Crippen LogP contribution in [0.3, 0.4) is 0 Å². The number of benzene rings is 1. The summed E-state index contributed by atoms with van der Waals surface area (Å²) in [6.45, 7) is 5.08. The molecule has 2 N–H and O–H groups in total. The Bertz CT molecular complexity index is 1350. The summed E-state index contributed by atoms with van der Waals surface area (Å²) in [5.74, 6) is 1.70. The number of hydrogen-bond acceptors (Lipinski definition) is 5. The first kappa shape index (κ1) is 20.0. The lowest BCUT2D eigenvalue weighted by molar-refractivity contribution is 0.228. The van der Waals surface area contributed by atoms with Crippen LogP contribution in [0.4, 0.5) is 5.82 Å². The summed E-state index contributed by atoms with van der Waals surface area (Å²) in [5.41, 5.74) is 15.0. The minimum atomic E-state index is -0.218. The van der Waals surface area contributed by atoms with Crippen LogP contribution in [0.25, 0.3) is 22.5 Å². The molecule has 6 rings (SSSR count). The maximum absolute atomic E-state index is 6.43. The van der Waals surface area contributed by atoms with Gasteiger partial charge in [0.15, 0.2) is 11.6 Å². The summed E-state index contributed by atoms with van der Waals surface area (Å²) in [5, 5.41) is 4.79. The van der Waals surface area contributed by atoms with Crippen molar-refractivity contribution in [2.45, 2.75) is 45.8 Å². The molecule has 4 heterocycles. The van der Waals surface area contributed by atoms with Crippen molar-refractivity contribution in [3.8, 4) is 28.3 Å². The molecular formula is C27H27N5O. The van der Waals surface area contributed by atoms with Gasteiger partial charge in [-0.05, 0) is 50.3 Å². The Morgan fingerprint density at radius 2 is 1.97 bits per heavy atom. The molecule has 0 saturated heterocycles. The molecule has 2 bridgehead atoms. The number of rotatable bonds is 2. The Morgan fingerprint density at radius 1 is 1.09 bits per heavy atom. The maximum Gasteiger partial charge on any atom is 0.166 e. The van der Waals surface area contributed by atoms with Crippen LogP contribution in [0.15, 0.2) is 55.0 Å². The molecule has 1 aliphatic carbocycles. The Hall–Kier alpha value is -3.67. The molecule has 1 saturated carbocycles. The molecule has 1 aromatic carbocycles. The molecule has 0 spiro atoms. The van der Waals surface area contributed by atoms with Gasteiger partial charge in [0.2, 0.25) is 0 Å². The Balaban J connectivity index is 1.60. The van der Waals surface area contributed by atoms with Gasteiger partial charge < -0.3 is 10.5 Å². The maximum atomic E-state index is 6.43. The van der Waals surface area contributed by atoms with Crippen molar-refractivity contribution in [1.29, 1.82) is 0 Å². The minimum absolute atomic E-state index is 0.218. The molecule has 3 aromatic heterocycles. The highest BCUT2D eigenvalue weighted by Crippen LogP contribution is 2.39. The van der Waals surface area contributed by atoms with Crippen LogP contribution in [0.5, 0.6) is 5.75 Å². The van der Waals surface area contributed by atoms with E-state index < -0.39 is 0 Å². The van der Waals surface area contributed by atoms with Crippen LogP contribution in [0.1, 0.15) is 48.1 Å². The van der Waals surface area contributed by atoms with Crippen LogP contribution in [-0.2, 0) is 13.0 Å². The highest BCUT2D eigenvalue weighted by molar-refractivity contribution is 5.72. The van der Waals surface area contributed by atoms with Gasteiger partial charge in [0.05, 0.1) is 17.6 Å². The average molecular weight is 438 g/mol. The molecule has 6 heteroatoms. The quantitative estimate of drug-likeness (QED) is 0.457. The number of aromatic nitrogens is 4. The van der Waals surface area contributed by atoms with Gasteiger partial charge in [-0.15, -0.1) is 0 Å². The van der Waals surface area contributed by atoms with Gasteiger partial charge in [-0.1, -0.05) is 29.8 Å². The van der Waals surface area contributed by atoms with Crippen molar-refractivity contribution in [1.82, 2.24) is 19.7 Å². The minimum Gasteiger partial charge on any atom is -0.482 e. The van der Waals surface area contributed by atoms with E-state index in [-0.39, 0.29) is 6.10 Å². The lowest BCUT2D eigenvalue weighted by Gasteiger charge is -2.22. The van der Waals surface area contributed by atoms with Gasteiger partial charge in [-0.25, -0.2) is 4.98 Å². The molecule has 6 nitrogen and oxygen atoms in total. The number of nitrogens with two attached hydrogens (primary N) is 1. The second-order valence-electron chi connectivity index (χ2n) is 9.29. The zero-order valence-corrected chi connectivity index (χ0v) is 19.0. The fourth-order valence-corrected chi connectivity index (χ4v) is 4.77. The largest absolute Gasteiger partial charge is 0.482 e. The number of anilines is 1. The summed E-state index contributed by atoms with van der Waals surface area (Å²) in [6, 6.07) is 12.7. The van der Waals surface area contributed by atoms with E-state index in [9.17, 15) is 0 Å². The summed E-state index contributed by atoms with van der Waals surface area (Å²) in [6.07, 6.45) is 8.75. The molecule has 33 heavy (non-hydrogen) atoms. The molecule has 0 unspecified atom stereocenters. The SMILES string of the molecule is Cc1ccc2c(c1)[C@@H](C)Oc1cc(cnc1N)-c1c(cnn1CC1CC1)Cc1cccnc1-2. The zero-order valence-electron chi connectivity index (χ0n) is 19.0. The van der Waals surface area contributed by atoms with E-state index in [2.05, 4.69) is 47.8 Å². The first-order valence-corrected chi connectivity index (χ1v) is 11.6. The van der Waals surface area contributed by atoms with Gasteiger partial charge in [-0.2, -0.15) is 5.10 Å². The first-order chi connectivity index (χ1) is 16.1. The smallest absolute Gasteiger partial charge is 0.166 e. The van der Waals surface area contributed by atoms with E-state index in [0.717, 1.165) is 46.6 Å². The molecule has 4 aromatic rings. The van der Waals surface area contributed by atoms with E-state index in [1.807, 2.05) is 30.7 Å². The predicted molar refractivity (Wildman–Crippen MR) is 129 cm³/mol. The predicted octanol–water partition coefficient (Wildman–Crippen LogP) is 5.35. The lowest BCUT2D eigenvalue weighted by Crippen LogP contribution is -2.10. The molecule has 1 aliphatic heterocycles.